The second-order valence-corrected chi connectivity index (χ2v) is 8.21. The van der Waals surface area contributed by atoms with Gasteiger partial charge in [0.05, 0.1) is 5.92 Å². The van der Waals surface area contributed by atoms with E-state index >= 15 is 0 Å². The van der Waals surface area contributed by atoms with Gasteiger partial charge >= 0.3 is 6.03 Å². The van der Waals surface area contributed by atoms with Crippen molar-refractivity contribution in [2.45, 2.75) is 26.2 Å². The molecule has 0 bridgehead atoms. The molecular weight excluding hydrogens is 376 g/mol. The highest BCUT2D eigenvalue weighted by molar-refractivity contribution is 5.93. The molecule has 1 heterocycles. The summed E-state index contributed by atoms with van der Waals surface area (Å²) < 4.78 is 0. The van der Waals surface area contributed by atoms with Crippen LogP contribution >= 0.6 is 0 Å². The van der Waals surface area contributed by atoms with E-state index < -0.39 is 0 Å². The first-order valence-corrected chi connectivity index (χ1v) is 10.5. The van der Waals surface area contributed by atoms with Gasteiger partial charge < -0.3 is 20.4 Å². The zero-order valence-electron chi connectivity index (χ0n) is 18.3. The molecule has 0 saturated carbocycles. The fourth-order valence-corrected chi connectivity index (χ4v) is 3.97. The SMILES string of the molecule is CCNC(=O)N1CC(C(=O)Nc2ccc(N(C)C)cc2)CC(c2cccc(C)c2)C1. The topological polar surface area (TPSA) is 64.7 Å². The third-order valence-electron chi connectivity index (χ3n) is 5.60. The number of nitrogens with one attached hydrogen (secondary N) is 2. The summed E-state index contributed by atoms with van der Waals surface area (Å²) in [6, 6.07) is 16.0. The predicted molar refractivity (Wildman–Crippen MR) is 122 cm³/mol. The maximum atomic E-state index is 13.1. The Bertz CT molecular complexity index is 879. The van der Waals surface area contributed by atoms with Gasteiger partial charge in [-0.05, 0) is 50.1 Å². The molecule has 3 amide bonds. The number of carbonyl (C=O) groups is 2. The summed E-state index contributed by atoms with van der Waals surface area (Å²) >= 11 is 0. The zero-order valence-corrected chi connectivity index (χ0v) is 18.3. The number of nitrogens with zero attached hydrogens (tertiary/aromatic N) is 2. The minimum Gasteiger partial charge on any atom is -0.378 e. The number of likely N-dealkylation sites (tertiary alicyclic amines) is 1. The lowest BCUT2D eigenvalue weighted by Crippen LogP contribution is -2.50. The van der Waals surface area contributed by atoms with Crippen LogP contribution in [0.3, 0.4) is 0 Å². The Balaban J connectivity index is 1.77. The van der Waals surface area contributed by atoms with Crippen molar-refractivity contribution in [2.75, 3.05) is 43.9 Å². The molecule has 0 aromatic heterocycles. The normalized spacial score (nSPS) is 18.6. The highest BCUT2D eigenvalue weighted by Crippen LogP contribution is 2.31. The Hall–Kier alpha value is -3.02. The molecule has 2 atom stereocenters. The van der Waals surface area contributed by atoms with Gasteiger partial charge in [0.25, 0.3) is 0 Å². The Morgan fingerprint density at radius 3 is 2.47 bits per heavy atom. The van der Waals surface area contributed by atoms with Gasteiger partial charge in [-0.15, -0.1) is 0 Å². The summed E-state index contributed by atoms with van der Waals surface area (Å²) in [5, 5.41) is 5.91. The predicted octanol–water partition coefficient (Wildman–Crippen LogP) is 3.83. The lowest BCUT2D eigenvalue weighted by atomic mass is 9.83. The molecule has 0 spiro atoms. The van der Waals surface area contributed by atoms with Crippen molar-refractivity contribution in [1.82, 2.24) is 10.2 Å². The van der Waals surface area contributed by atoms with Crippen LogP contribution < -0.4 is 15.5 Å². The zero-order chi connectivity index (χ0) is 21.7. The largest absolute Gasteiger partial charge is 0.378 e. The molecule has 2 unspecified atom stereocenters. The standard InChI is InChI=1S/C24H32N4O2/c1-5-25-24(30)28-15-19(18-8-6-7-17(2)13-18)14-20(16-28)23(29)26-21-9-11-22(12-10-21)27(3)4/h6-13,19-20H,5,14-16H2,1-4H3,(H,25,30)(H,26,29). The molecule has 2 aromatic rings. The first kappa shape index (κ1) is 21.7. The highest BCUT2D eigenvalue weighted by atomic mass is 16.2. The number of aryl methyl sites for hydroxylation is 1. The third kappa shape index (κ3) is 5.32. The van der Waals surface area contributed by atoms with Crippen molar-refractivity contribution < 1.29 is 9.59 Å². The van der Waals surface area contributed by atoms with Crippen LogP contribution in [-0.2, 0) is 4.79 Å². The van der Waals surface area contributed by atoms with Crippen molar-refractivity contribution in [2.24, 2.45) is 5.92 Å². The molecule has 2 aromatic carbocycles. The fraction of sp³-hybridized carbons (Fsp3) is 0.417. The number of hydrogen-bond donors (Lipinski definition) is 2. The number of amides is 3. The summed E-state index contributed by atoms with van der Waals surface area (Å²) in [5.41, 5.74) is 4.21. The van der Waals surface area contributed by atoms with Crippen molar-refractivity contribution in [3.8, 4) is 0 Å². The molecular formula is C24H32N4O2. The van der Waals surface area contributed by atoms with Crippen molar-refractivity contribution in [1.29, 1.82) is 0 Å². The van der Waals surface area contributed by atoms with Crippen LogP contribution in [0.2, 0.25) is 0 Å². The maximum absolute atomic E-state index is 13.1. The number of urea groups is 1. The van der Waals surface area contributed by atoms with E-state index in [0.29, 0.717) is 19.6 Å². The van der Waals surface area contributed by atoms with E-state index in [0.717, 1.165) is 17.8 Å². The van der Waals surface area contributed by atoms with E-state index in [1.807, 2.05) is 56.3 Å². The molecule has 160 valence electrons. The van der Waals surface area contributed by atoms with Crippen molar-refractivity contribution in [3.63, 3.8) is 0 Å². The first-order valence-electron chi connectivity index (χ1n) is 10.5. The monoisotopic (exact) mass is 408 g/mol. The highest BCUT2D eigenvalue weighted by Gasteiger charge is 2.34. The summed E-state index contributed by atoms with van der Waals surface area (Å²) in [4.78, 5) is 29.4. The molecule has 1 fully saturated rings. The van der Waals surface area contributed by atoms with Crippen LogP contribution in [0.25, 0.3) is 0 Å². The molecule has 2 N–H and O–H groups in total. The summed E-state index contributed by atoms with van der Waals surface area (Å²) in [5.74, 6) is -0.173. The molecule has 0 radical (unpaired) electrons. The minimum absolute atomic E-state index is 0.0424. The number of rotatable bonds is 5. The Morgan fingerprint density at radius 1 is 1.10 bits per heavy atom. The van der Waals surface area contributed by atoms with E-state index in [1.165, 1.54) is 11.1 Å². The van der Waals surface area contributed by atoms with E-state index in [4.69, 9.17) is 0 Å². The number of hydrogen-bond acceptors (Lipinski definition) is 3. The smallest absolute Gasteiger partial charge is 0.317 e. The van der Waals surface area contributed by atoms with Gasteiger partial charge in [-0.25, -0.2) is 4.79 Å². The minimum atomic E-state index is -0.264. The third-order valence-corrected chi connectivity index (χ3v) is 5.60. The number of benzene rings is 2. The van der Waals surface area contributed by atoms with Gasteiger partial charge in [-0.3, -0.25) is 4.79 Å². The van der Waals surface area contributed by atoms with Gasteiger partial charge in [0.2, 0.25) is 5.91 Å². The molecule has 3 rings (SSSR count). The molecule has 1 aliphatic heterocycles. The van der Waals surface area contributed by atoms with E-state index in [-0.39, 0.29) is 23.8 Å². The van der Waals surface area contributed by atoms with E-state index in [9.17, 15) is 9.59 Å². The van der Waals surface area contributed by atoms with Gasteiger partial charge in [0.15, 0.2) is 0 Å². The van der Waals surface area contributed by atoms with Gasteiger partial charge in [-0.1, -0.05) is 29.8 Å². The lowest BCUT2D eigenvalue weighted by Gasteiger charge is -2.37. The number of piperidine rings is 1. The van der Waals surface area contributed by atoms with Crippen LogP contribution in [0.4, 0.5) is 16.2 Å². The Labute approximate surface area is 179 Å². The van der Waals surface area contributed by atoms with Gasteiger partial charge in [-0.2, -0.15) is 0 Å². The van der Waals surface area contributed by atoms with Gasteiger partial charge in [0.1, 0.15) is 0 Å². The van der Waals surface area contributed by atoms with Gasteiger partial charge in [0, 0.05) is 51.0 Å². The first-order chi connectivity index (χ1) is 14.4. The molecule has 0 aliphatic carbocycles. The average Bonchev–Trinajstić information content (AvgIpc) is 2.74. The average molecular weight is 409 g/mol. The molecule has 1 aliphatic rings. The molecule has 6 nitrogen and oxygen atoms in total. The van der Waals surface area contributed by atoms with Crippen molar-refractivity contribution in [3.05, 3.63) is 59.7 Å². The number of anilines is 2. The van der Waals surface area contributed by atoms with Crippen molar-refractivity contribution >= 4 is 23.3 Å². The number of carbonyl (C=O) groups excluding carboxylic acids is 2. The van der Waals surface area contributed by atoms with E-state index in [2.05, 4.69) is 35.8 Å². The lowest BCUT2D eigenvalue weighted by molar-refractivity contribution is -0.121. The van der Waals surface area contributed by atoms with Crippen LogP contribution in [0.15, 0.2) is 48.5 Å². The molecule has 30 heavy (non-hydrogen) atoms. The Kier molecular flexibility index (Phi) is 6.98. The molecule has 6 heteroatoms. The summed E-state index contributed by atoms with van der Waals surface area (Å²) in [7, 11) is 3.97. The quantitative estimate of drug-likeness (QED) is 0.790. The maximum Gasteiger partial charge on any atom is 0.317 e. The van der Waals surface area contributed by atoms with Crippen LogP contribution in [0, 0.1) is 12.8 Å². The van der Waals surface area contributed by atoms with Crippen LogP contribution in [0.1, 0.15) is 30.4 Å². The van der Waals surface area contributed by atoms with Crippen LogP contribution in [0.5, 0.6) is 0 Å². The molecule has 1 saturated heterocycles. The second-order valence-electron chi connectivity index (χ2n) is 8.21. The van der Waals surface area contributed by atoms with E-state index in [1.54, 1.807) is 4.90 Å². The Morgan fingerprint density at radius 2 is 1.83 bits per heavy atom. The second kappa shape index (κ2) is 9.65. The fourth-order valence-electron chi connectivity index (χ4n) is 3.97. The summed E-state index contributed by atoms with van der Waals surface area (Å²) in [6.45, 7) is 5.59. The van der Waals surface area contributed by atoms with Crippen LogP contribution in [-0.4, -0.2) is 50.6 Å². The summed E-state index contributed by atoms with van der Waals surface area (Å²) in [6.07, 6.45) is 0.723.